The lowest BCUT2D eigenvalue weighted by Gasteiger charge is -2.03. The summed E-state index contributed by atoms with van der Waals surface area (Å²) in [4.78, 5) is 23.3. The summed E-state index contributed by atoms with van der Waals surface area (Å²) < 4.78 is 1.38. The van der Waals surface area contributed by atoms with Crippen LogP contribution in [0.25, 0.3) is 10.9 Å². The third kappa shape index (κ3) is 2.11. The summed E-state index contributed by atoms with van der Waals surface area (Å²) in [5.74, 6) is -1.15. The van der Waals surface area contributed by atoms with Crippen LogP contribution in [0.15, 0.2) is 23.1 Å². The van der Waals surface area contributed by atoms with Crippen molar-refractivity contribution in [2.45, 2.75) is 18.4 Å². The maximum Gasteiger partial charge on any atom is 0.325 e. The zero-order valence-corrected chi connectivity index (χ0v) is 10.8. The Hall–Kier alpha value is -1.82. The number of carboxylic acids is 1. The van der Waals surface area contributed by atoms with Crippen molar-refractivity contribution in [3.8, 4) is 0 Å². The second-order valence-electron chi connectivity index (χ2n) is 3.81. The number of Topliss-reactive ketones (excluding diaryl/α,β-unsaturated/α-hetero) is 1. The average Bonchev–Trinajstić information content (AvgIpc) is 2.67. The molecule has 2 aromatic rings. The number of rotatable bonds is 4. The van der Waals surface area contributed by atoms with Crippen LogP contribution in [-0.2, 0) is 11.3 Å². The van der Waals surface area contributed by atoms with Crippen molar-refractivity contribution in [1.82, 2.24) is 9.78 Å². The van der Waals surface area contributed by atoms with Crippen molar-refractivity contribution in [2.75, 3.05) is 6.26 Å². The standard InChI is InChI=1S/C12H12N2O3S/c1-7(15)11-8-4-3-5-9(18-2)12(8)14(13-11)6-10(16)17/h3-5H,6H2,1-2H3,(H,16,17). The van der Waals surface area contributed by atoms with E-state index >= 15 is 0 Å². The topological polar surface area (TPSA) is 72.2 Å². The molecule has 0 atom stereocenters. The Balaban J connectivity index is 2.76. The van der Waals surface area contributed by atoms with Crippen LogP contribution in [0.5, 0.6) is 0 Å². The summed E-state index contributed by atoms with van der Waals surface area (Å²) in [6, 6.07) is 5.52. The first-order valence-electron chi connectivity index (χ1n) is 5.31. The average molecular weight is 264 g/mol. The van der Waals surface area contributed by atoms with Gasteiger partial charge < -0.3 is 5.11 Å². The highest BCUT2D eigenvalue weighted by molar-refractivity contribution is 7.98. The quantitative estimate of drug-likeness (QED) is 0.676. The van der Waals surface area contributed by atoms with Gasteiger partial charge in [-0.25, -0.2) is 0 Å². The summed E-state index contributed by atoms with van der Waals surface area (Å²) in [5.41, 5.74) is 1.03. The molecule has 1 aromatic heterocycles. The number of benzene rings is 1. The van der Waals surface area contributed by atoms with Gasteiger partial charge in [-0.3, -0.25) is 14.3 Å². The zero-order chi connectivity index (χ0) is 13.3. The molecule has 2 rings (SSSR count). The number of nitrogens with zero attached hydrogens (tertiary/aromatic N) is 2. The molecule has 0 unspecified atom stereocenters. The molecule has 1 N–H and O–H groups in total. The van der Waals surface area contributed by atoms with Crippen molar-refractivity contribution < 1.29 is 14.7 Å². The molecule has 1 aromatic carbocycles. The van der Waals surface area contributed by atoms with Crippen molar-refractivity contribution in [2.24, 2.45) is 0 Å². The number of fused-ring (bicyclic) bond motifs is 1. The first kappa shape index (κ1) is 12.6. The van der Waals surface area contributed by atoms with Crippen molar-refractivity contribution >= 4 is 34.4 Å². The lowest BCUT2D eigenvalue weighted by Crippen LogP contribution is -2.11. The number of hydrogen-bond donors (Lipinski definition) is 1. The number of hydrogen-bond acceptors (Lipinski definition) is 4. The van der Waals surface area contributed by atoms with Crippen LogP contribution in [0.1, 0.15) is 17.4 Å². The fourth-order valence-electron chi connectivity index (χ4n) is 1.87. The summed E-state index contributed by atoms with van der Waals surface area (Å²) in [5, 5.41) is 13.7. The SMILES string of the molecule is CSc1cccc2c(C(C)=O)nn(CC(=O)O)c12. The Morgan fingerprint density at radius 1 is 1.44 bits per heavy atom. The van der Waals surface area contributed by atoms with Crippen LogP contribution in [0.3, 0.4) is 0 Å². The van der Waals surface area contributed by atoms with E-state index in [0.717, 1.165) is 4.90 Å². The smallest absolute Gasteiger partial charge is 0.325 e. The van der Waals surface area contributed by atoms with Crippen molar-refractivity contribution in [3.63, 3.8) is 0 Å². The van der Waals surface area contributed by atoms with E-state index in [1.807, 2.05) is 18.4 Å². The van der Waals surface area contributed by atoms with E-state index in [1.54, 1.807) is 6.07 Å². The molecular formula is C12H12N2O3S. The van der Waals surface area contributed by atoms with Crippen LogP contribution in [-0.4, -0.2) is 32.9 Å². The Labute approximate surface area is 108 Å². The van der Waals surface area contributed by atoms with E-state index < -0.39 is 5.97 Å². The molecule has 0 saturated carbocycles. The van der Waals surface area contributed by atoms with E-state index in [0.29, 0.717) is 16.6 Å². The number of para-hydroxylation sites is 1. The molecule has 94 valence electrons. The molecule has 1 heterocycles. The van der Waals surface area contributed by atoms with Gasteiger partial charge in [-0.1, -0.05) is 12.1 Å². The summed E-state index contributed by atoms with van der Waals surface area (Å²) in [6.45, 7) is 1.18. The Morgan fingerprint density at radius 2 is 2.17 bits per heavy atom. The maximum atomic E-state index is 11.5. The van der Waals surface area contributed by atoms with Crippen molar-refractivity contribution in [1.29, 1.82) is 0 Å². The number of ketones is 1. The van der Waals surface area contributed by atoms with Gasteiger partial charge in [0.05, 0.1) is 5.52 Å². The summed E-state index contributed by atoms with van der Waals surface area (Å²) in [6.07, 6.45) is 1.90. The van der Waals surface area contributed by atoms with E-state index in [1.165, 1.54) is 23.4 Å². The number of carboxylic acid groups (broad SMARTS) is 1. The van der Waals surface area contributed by atoms with E-state index in [4.69, 9.17) is 5.11 Å². The highest BCUT2D eigenvalue weighted by atomic mass is 32.2. The van der Waals surface area contributed by atoms with Gasteiger partial charge in [0.2, 0.25) is 0 Å². The fraction of sp³-hybridized carbons (Fsp3) is 0.250. The van der Waals surface area contributed by atoms with Crippen LogP contribution in [0.4, 0.5) is 0 Å². The van der Waals surface area contributed by atoms with E-state index in [9.17, 15) is 9.59 Å². The summed E-state index contributed by atoms with van der Waals surface area (Å²) in [7, 11) is 0. The molecule has 0 aliphatic carbocycles. The molecule has 0 bridgehead atoms. The predicted octanol–water partition coefficient (Wildman–Crippen LogP) is 2.05. The third-order valence-electron chi connectivity index (χ3n) is 2.57. The molecule has 0 fully saturated rings. The second-order valence-corrected chi connectivity index (χ2v) is 4.66. The first-order valence-corrected chi connectivity index (χ1v) is 6.53. The van der Waals surface area contributed by atoms with E-state index in [-0.39, 0.29) is 12.3 Å². The fourth-order valence-corrected chi connectivity index (χ4v) is 2.49. The first-order chi connectivity index (χ1) is 8.54. The Kier molecular flexibility index (Phi) is 3.38. The molecule has 0 aliphatic rings. The molecule has 0 amide bonds. The Bertz CT molecular complexity index is 634. The second kappa shape index (κ2) is 4.81. The highest BCUT2D eigenvalue weighted by Gasteiger charge is 2.17. The zero-order valence-electron chi connectivity index (χ0n) is 10.0. The number of aliphatic carboxylic acids is 1. The van der Waals surface area contributed by atoms with Gasteiger partial charge in [-0.05, 0) is 12.3 Å². The van der Waals surface area contributed by atoms with Gasteiger partial charge in [-0.15, -0.1) is 11.8 Å². The molecule has 5 nitrogen and oxygen atoms in total. The Morgan fingerprint density at radius 3 is 2.72 bits per heavy atom. The number of carbonyl (C=O) groups is 2. The van der Waals surface area contributed by atoms with Gasteiger partial charge >= 0.3 is 5.97 Å². The van der Waals surface area contributed by atoms with E-state index in [2.05, 4.69) is 5.10 Å². The lowest BCUT2D eigenvalue weighted by molar-refractivity contribution is -0.137. The van der Waals surface area contributed by atoms with Gasteiger partial charge in [0.1, 0.15) is 12.2 Å². The molecule has 0 spiro atoms. The van der Waals surface area contributed by atoms with Gasteiger partial charge in [-0.2, -0.15) is 5.10 Å². The van der Waals surface area contributed by atoms with Gasteiger partial charge in [0, 0.05) is 17.2 Å². The molecule has 0 radical (unpaired) electrons. The van der Waals surface area contributed by atoms with Gasteiger partial charge in [0.15, 0.2) is 5.78 Å². The number of aromatic nitrogens is 2. The molecule has 0 saturated heterocycles. The van der Waals surface area contributed by atoms with Crippen LogP contribution in [0.2, 0.25) is 0 Å². The minimum Gasteiger partial charge on any atom is -0.480 e. The monoisotopic (exact) mass is 264 g/mol. The summed E-state index contributed by atoms with van der Waals surface area (Å²) >= 11 is 1.50. The molecule has 0 aliphatic heterocycles. The highest BCUT2D eigenvalue weighted by Crippen LogP contribution is 2.28. The minimum absolute atomic E-state index is 0.164. The van der Waals surface area contributed by atoms with Crippen LogP contribution in [0, 0.1) is 0 Å². The molecular weight excluding hydrogens is 252 g/mol. The molecule has 6 heteroatoms. The van der Waals surface area contributed by atoms with Crippen molar-refractivity contribution in [3.05, 3.63) is 23.9 Å². The number of carbonyl (C=O) groups excluding carboxylic acids is 1. The maximum absolute atomic E-state index is 11.5. The normalized spacial score (nSPS) is 10.8. The number of thioether (sulfide) groups is 1. The predicted molar refractivity (Wildman–Crippen MR) is 69.2 cm³/mol. The largest absolute Gasteiger partial charge is 0.480 e. The third-order valence-corrected chi connectivity index (χ3v) is 3.34. The van der Waals surface area contributed by atoms with Gasteiger partial charge in [0.25, 0.3) is 0 Å². The molecule has 18 heavy (non-hydrogen) atoms. The van der Waals surface area contributed by atoms with Crippen LogP contribution < -0.4 is 0 Å². The van der Waals surface area contributed by atoms with Crippen LogP contribution >= 0.6 is 11.8 Å². The minimum atomic E-state index is -0.981. The lowest BCUT2D eigenvalue weighted by atomic mass is 10.1.